The van der Waals surface area contributed by atoms with E-state index in [1.165, 1.54) is 32.1 Å². The lowest BCUT2D eigenvalue weighted by molar-refractivity contribution is 0.425. The lowest BCUT2D eigenvalue weighted by Gasteiger charge is -2.17. The van der Waals surface area contributed by atoms with Crippen molar-refractivity contribution in [3.8, 4) is 0 Å². The molecule has 0 spiro atoms. The first-order valence-corrected chi connectivity index (χ1v) is 7.98. The van der Waals surface area contributed by atoms with Gasteiger partial charge in [0.2, 0.25) is 0 Å². The van der Waals surface area contributed by atoms with Gasteiger partial charge >= 0.3 is 0 Å². The SMILES string of the molecule is CCCCC(CCC)NCc1ccn(C(C)CC)n1. The van der Waals surface area contributed by atoms with Crippen LogP contribution in [0.5, 0.6) is 0 Å². The summed E-state index contributed by atoms with van der Waals surface area (Å²) in [6, 6.07) is 3.29. The largest absolute Gasteiger partial charge is 0.308 e. The van der Waals surface area contributed by atoms with Crippen LogP contribution in [0.2, 0.25) is 0 Å². The Morgan fingerprint density at radius 1 is 1.21 bits per heavy atom. The summed E-state index contributed by atoms with van der Waals surface area (Å²) >= 11 is 0. The smallest absolute Gasteiger partial charge is 0.0762 e. The molecule has 110 valence electrons. The van der Waals surface area contributed by atoms with E-state index in [4.69, 9.17) is 0 Å². The Kier molecular flexibility index (Phi) is 7.80. The Morgan fingerprint density at radius 2 is 2.00 bits per heavy atom. The number of unbranched alkanes of at least 4 members (excludes halogenated alkanes) is 1. The fourth-order valence-corrected chi connectivity index (χ4v) is 2.30. The highest BCUT2D eigenvalue weighted by Crippen LogP contribution is 2.11. The van der Waals surface area contributed by atoms with Crippen LogP contribution in [0.15, 0.2) is 12.3 Å². The molecule has 0 aromatic carbocycles. The number of nitrogens with zero attached hydrogens (tertiary/aromatic N) is 2. The van der Waals surface area contributed by atoms with Gasteiger partial charge in [0.25, 0.3) is 0 Å². The minimum atomic E-state index is 0.500. The molecule has 0 saturated heterocycles. The monoisotopic (exact) mass is 265 g/mol. The van der Waals surface area contributed by atoms with Gasteiger partial charge in [-0.1, -0.05) is 40.0 Å². The van der Waals surface area contributed by atoms with Crippen molar-refractivity contribution in [3.63, 3.8) is 0 Å². The van der Waals surface area contributed by atoms with Gasteiger partial charge in [-0.15, -0.1) is 0 Å². The molecule has 0 aliphatic heterocycles. The normalized spacial score (nSPS) is 14.5. The van der Waals surface area contributed by atoms with Gasteiger partial charge in [0.1, 0.15) is 0 Å². The summed E-state index contributed by atoms with van der Waals surface area (Å²) in [6.45, 7) is 9.84. The zero-order valence-corrected chi connectivity index (χ0v) is 13.2. The highest BCUT2D eigenvalue weighted by molar-refractivity contribution is 4.99. The van der Waals surface area contributed by atoms with Gasteiger partial charge in [-0.2, -0.15) is 5.10 Å². The van der Waals surface area contributed by atoms with E-state index >= 15 is 0 Å². The second kappa shape index (κ2) is 9.13. The topological polar surface area (TPSA) is 29.9 Å². The van der Waals surface area contributed by atoms with E-state index in [1.807, 2.05) is 0 Å². The van der Waals surface area contributed by atoms with E-state index in [2.05, 4.69) is 55.1 Å². The van der Waals surface area contributed by atoms with Crippen LogP contribution in [0.3, 0.4) is 0 Å². The third-order valence-electron chi connectivity index (χ3n) is 3.82. The fraction of sp³-hybridized carbons (Fsp3) is 0.812. The van der Waals surface area contributed by atoms with E-state index < -0.39 is 0 Å². The molecule has 2 atom stereocenters. The molecule has 0 fully saturated rings. The quantitative estimate of drug-likeness (QED) is 0.683. The van der Waals surface area contributed by atoms with Crippen molar-refractivity contribution in [2.24, 2.45) is 0 Å². The van der Waals surface area contributed by atoms with Crippen LogP contribution < -0.4 is 5.32 Å². The number of hydrogen-bond acceptors (Lipinski definition) is 2. The third-order valence-corrected chi connectivity index (χ3v) is 3.82. The van der Waals surface area contributed by atoms with Crippen LogP contribution in [0.4, 0.5) is 0 Å². The maximum absolute atomic E-state index is 4.65. The molecule has 1 aromatic rings. The Morgan fingerprint density at radius 3 is 2.63 bits per heavy atom. The van der Waals surface area contributed by atoms with Crippen LogP contribution in [0, 0.1) is 0 Å². The molecule has 1 aromatic heterocycles. The Balaban J connectivity index is 2.42. The molecule has 3 heteroatoms. The first kappa shape index (κ1) is 16.2. The summed E-state index contributed by atoms with van der Waals surface area (Å²) in [6.07, 6.45) is 9.64. The van der Waals surface area contributed by atoms with E-state index in [0.29, 0.717) is 12.1 Å². The van der Waals surface area contributed by atoms with Gasteiger partial charge in [-0.05, 0) is 32.3 Å². The van der Waals surface area contributed by atoms with Crippen LogP contribution in [-0.2, 0) is 6.54 Å². The molecule has 0 radical (unpaired) electrons. The third kappa shape index (κ3) is 5.77. The van der Waals surface area contributed by atoms with Crippen molar-refractivity contribution in [1.82, 2.24) is 15.1 Å². The fourth-order valence-electron chi connectivity index (χ4n) is 2.30. The van der Waals surface area contributed by atoms with Crippen molar-refractivity contribution < 1.29 is 0 Å². The molecule has 1 heterocycles. The lowest BCUT2D eigenvalue weighted by atomic mass is 10.1. The van der Waals surface area contributed by atoms with Crippen molar-refractivity contribution in [1.29, 1.82) is 0 Å². The number of rotatable bonds is 10. The van der Waals surface area contributed by atoms with Gasteiger partial charge < -0.3 is 5.32 Å². The number of hydrogen-bond donors (Lipinski definition) is 1. The molecule has 1 rings (SSSR count). The van der Waals surface area contributed by atoms with Crippen molar-refractivity contribution in [2.45, 2.75) is 84.8 Å². The van der Waals surface area contributed by atoms with Crippen molar-refractivity contribution in [3.05, 3.63) is 18.0 Å². The molecule has 3 nitrogen and oxygen atoms in total. The average Bonchev–Trinajstić information content (AvgIpc) is 2.90. The van der Waals surface area contributed by atoms with Crippen LogP contribution in [0.1, 0.15) is 78.0 Å². The first-order chi connectivity index (χ1) is 9.21. The van der Waals surface area contributed by atoms with E-state index in [0.717, 1.165) is 18.7 Å². The van der Waals surface area contributed by atoms with Gasteiger partial charge in [0, 0.05) is 24.8 Å². The molecule has 0 saturated carbocycles. The molecule has 0 bridgehead atoms. The maximum atomic E-state index is 4.65. The van der Waals surface area contributed by atoms with E-state index in [1.54, 1.807) is 0 Å². The predicted molar refractivity (Wildman–Crippen MR) is 82.3 cm³/mol. The van der Waals surface area contributed by atoms with Crippen LogP contribution >= 0.6 is 0 Å². The van der Waals surface area contributed by atoms with Crippen LogP contribution in [-0.4, -0.2) is 15.8 Å². The van der Waals surface area contributed by atoms with E-state index in [-0.39, 0.29) is 0 Å². The first-order valence-electron chi connectivity index (χ1n) is 7.98. The van der Waals surface area contributed by atoms with Gasteiger partial charge in [0.15, 0.2) is 0 Å². The van der Waals surface area contributed by atoms with Gasteiger partial charge in [-0.25, -0.2) is 0 Å². The Hall–Kier alpha value is -0.830. The Labute approximate surface area is 118 Å². The minimum absolute atomic E-state index is 0.500. The van der Waals surface area contributed by atoms with Crippen molar-refractivity contribution >= 4 is 0 Å². The summed E-state index contributed by atoms with van der Waals surface area (Å²) in [5, 5.41) is 8.31. The molecule has 19 heavy (non-hydrogen) atoms. The highest BCUT2D eigenvalue weighted by Gasteiger charge is 2.08. The zero-order valence-electron chi connectivity index (χ0n) is 13.2. The molecule has 2 unspecified atom stereocenters. The summed E-state index contributed by atoms with van der Waals surface area (Å²) in [7, 11) is 0. The Bertz CT molecular complexity index is 332. The number of aromatic nitrogens is 2. The summed E-state index contributed by atoms with van der Waals surface area (Å²) in [4.78, 5) is 0. The zero-order chi connectivity index (χ0) is 14.1. The molecular formula is C16H31N3. The molecular weight excluding hydrogens is 234 g/mol. The predicted octanol–water partition coefficient (Wildman–Crippen LogP) is 4.30. The van der Waals surface area contributed by atoms with Gasteiger partial charge in [0.05, 0.1) is 5.69 Å². The average molecular weight is 265 g/mol. The summed E-state index contributed by atoms with van der Waals surface area (Å²) < 4.78 is 2.08. The van der Waals surface area contributed by atoms with Crippen molar-refractivity contribution in [2.75, 3.05) is 0 Å². The van der Waals surface area contributed by atoms with Gasteiger partial charge in [-0.3, -0.25) is 4.68 Å². The molecule has 0 aliphatic rings. The highest BCUT2D eigenvalue weighted by atomic mass is 15.3. The second-order valence-electron chi connectivity index (χ2n) is 5.55. The van der Waals surface area contributed by atoms with Crippen LogP contribution in [0.25, 0.3) is 0 Å². The minimum Gasteiger partial charge on any atom is -0.308 e. The standard InChI is InChI=1S/C16H31N3/c1-5-8-10-15(9-6-2)17-13-16-11-12-19(18-16)14(4)7-3/h11-12,14-15,17H,5-10,13H2,1-4H3. The molecule has 1 N–H and O–H groups in total. The number of nitrogens with one attached hydrogen (secondary N) is 1. The summed E-state index contributed by atoms with van der Waals surface area (Å²) in [5.74, 6) is 0. The molecule has 0 amide bonds. The summed E-state index contributed by atoms with van der Waals surface area (Å²) in [5.41, 5.74) is 1.16. The second-order valence-corrected chi connectivity index (χ2v) is 5.55. The van der Waals surface area contributed by atoms with E-state index in [9.17, 15) is 0 Å². The maximum Gasteiger partial charge on any atom is 0.0762 e. The lowest BCUT2D eigenvalue weighted by Crippen LogP contribution is -2.28. The molecule has 0 aliphatic carbocycles.